The molecule has 0 bridgehead atoms. The number of carbonyl (C=O) groups excluding carboxylic acids is 2. The van der Waals surface area contributed by atoms with E-state index < -0.39 is 15.0 Å². The number of rotatable bonds is 2. The minimum Gasteiger partial charge on any atom is -0.367 e. The van der Waals surface area contributed by atoms with Crippen molar-refractivity contribution < 1.29 is 9.59 Å². The molecule has 0 radical (unpaired) electrons. The predicted octanol–water partition coefficient (Wildman–Crippen LogP) is -0.557. The van der Waals surface area contributed by atoms with Crippen LogP contribution in [0.4, 0.5) is 0 Å². The molecule has 0 spiro atoms. The number of primary amides is 2. The average Bonchev–Trinajstić information content (AvgIpc) is 1.65. The SMILES string of the molecule is NC(=O)C(Br)(Br)C(N)=O. The summed E-state index contributed by atoms with van der Waals surface area (Å²) in [7, 11) is 0. The molecule has 4 N–H and O–H groups in total. The molecule has 0 aliphatic carbocycles. The molecule has 0 aliphatic heterocycles. The number of hydrogen-bond acceptors (Lipinski definition) is 2. The maximum Gasteiger partial charge on any atom is 0.254 e. The first-order valence-electron chi connectivity index (χ1n) is 1.86. The second-order valence-corrected chi connectivity index (χ2v) is 4.75. The quantitative estimate of drug-likeness (QED) is 0.515. The third-order valence-electron chi connectivity index (χ3n) is 0.619. The van der Waals surface area contributed by atoms with Gasteiger partial charge in [0.25, 0.3) is 11.8 Å². The van der Waals surface area contributed by atoms with Gasteiger partial charge in [-0.1, -0.05) is 31.9 Å². The fourth-order valence-corrected chi connectivity index (χ4v) is 0.121. The molecule has 0 rings (SSSR count). The Morgan fingerprint density at radius 1 is 1.11 bits per heavy atom. The summed E-state index contributed by atoms with van der Waals surface area (Å²) in [5, 5.41) is 0. The van der Waals surface area contributed by atoms with Gasteiger partial charge in [0.1, 0.15) is 0 Å². The first-order chi connectivity index (χ1) is 3.89. The van der Waals surface area contributed by atoms with Gasteiger partial charge in [-0.05, 0) is 0 Å². The highest BCUT2D eigenvalue weighted by molar-refractivity contribution is 9.26. The van der Waals surface area contributed by atoms with E-state index in [0.29, 0.717) is 0 Å². The standard InChI is InChI=1S/C3H4Br2N2O2/c4-3(5,1(6)8)2(7)9/h(H2,6,8)(H2,7,9). The summed E-state index contributed by atoms with van der Waals surface area (Å²) in [5.74, 6) is -1.73. The summed E-state index contributed by atoms with van der Waals surface area (Å²) in [6, 6.07) is 0. The maximum atomic E-state index is 10.3. The number of carbonyl (C=O) groups is 2. The van der Waals surface area contributed by atoms with E-state index in [0.717, 1.165) is 0 Å². The largest absolute Gasteiger partial charge is 0.367 e. The van der Waals surface area contributed by atoms with Crippen LogP contribution in [-0.4, -0.2) is 15.0 Å². The van der Waals surface area contributed by atoms with E-state index in [1.54, 1.807) is 0 Å². The summed E-state index contributed by atoms with van der Waals surface area (Å²) in [5.41, 5.74) is 9.48. The molecule has 0 unspecified atom stereocenters. The number of alkyl halides is 2. The van der Waals surface area contributed by atoms with Crippen LogP contribution >= 0.6 is 31.9 Å². The number of amides is 2. The van der Waals surface area contributed by atoms with Gasteiger partial charge >= 0.3 is 0 Å². The van der Waals surface area contributed by atoms with Gasteiger partial charge in [0.2, 0.25) is 3.23 Å². The molecule has 0 atom stereocenters. The lowest BCUT2D eigenvalue weighted by atomic mass is 10.4. The summed E-state index contributed by atoms with van der Waals surface area (Å²) >= 11 is 5.36. The molecule has 0 saturated heterocycles. The highest BCUT2D eigenvalue weighted by Crippen LogP contribution is 2.24. The van der Waals surface area contributed by atoms with Crippen molar-refractivity contribution in [1.29, 1.82) is 0 Å². The zero-order chi connectivity index (χ0) is 7.65. The van der Waals surface area contributed by atoms with Crippen LogP contribution in [-0.2, 0) is 9.59 Å². The lowest BCUT2D eigenvalue weighted by Crippen LogP contribution is -2.43. The van der Waals surface area contributed by atoms with E-state index in [9.17, 15) is 9.59 Å². The van der Waals surface area contributed by atoms with Gasteiger partial charge in [0, 0.05) is 0 Å². The van der Waals surface area contributed by atoms with Crippen LogP contribution < -0.4 is 11.5 Å². The smallest absolute Gasteiger partial charge is 0.254 e. The van der Waals surface area contributed by atoms with E-state index in [-0.39, 0.29) is 0 Å². The van der Waals surface area contributed by atoms with Crippen LogP contribution in [0.15, 0.2) is 0 Å². The highest BCUT2D eigenvalue weighted by atomic mass is 79.9. The zero-order valence-corrected chi connectivity index (χ0v) is 7.40. The van der Waals surface area contributed by atoms with Gasteiger partial charge in [0.15, 0.2) is 0 Å². The average molecular weight is 260 g/mol. The second kappa shape index (κ2) is 2.66. The van der Waals surface area contributed by atoms with Crippen molar-refractivity contribution in [2.75, 3.05) is 0 Å². The monoisotopic (exact) mass is 258 g/mol. The van der Waals surface area contributed by atoms with Gasteiger partial charge in [-0.15, -0.1) is 0 Å². The van der Waals surface area contributed by atoms with Crippen LogP contribution in [0, 0.1) is 0 Å². The van der Waals surface area contributed by atoms with Crippen molar-refractivity contribution in [3.8, 4) is 0 Å². The predicted molar refractivity (Wildman–Crippen MR) is 39.0 cm³/mol. The molecule has 0 fully saturated rings. The van der Waals surface area contributed by atoms with Gasteiger partial charge in [-0.25, -0.2) is 0 Å². The fourth-order valence-electron chi connectivity index (χ4n) is 0.121. The first-order valence-corrected chi connectivity index (χ1v) is 3.45. The van der Waals surface area contributed by atoms with E-state index in [4.69, 9.17) is 11.5 Å². The molecule has 0 aromatic rings. The van der Waals surface area contributed by atoms with E-state index in [1.807, 2.05) is 0 Å². The molecule has 0 aromatic carbocycles. The summed E-state index contributed by atoms with van der Waals surface area (Å²) in [6.45, 7) is 0. The molecule has 2 amide bonds. The summed E-state index contributed by atoms with van der Waals surface area (Å²) in [4.78, 5) is 20.6. The molecule has 0 aromatic heterocycles. The van der Waals surface area contributed by atoms with Gasteiger partial charge in [0.05, 0.1) is 0 Å². The van der Waals surface area contributed by atoms with Crippen LogP contribution in [0.5, 0.6) is 0 Å². The summed E-state index contributed by atoms with van der Waals surface area (Å²) in [6.07, 6.45) is 0. The van der Waals surface area contributed by atoms with Crippen molar-refractivity contribution >= 4 is 43.7 Å². The third kappa shape index (κ3) is 1.94. The fraction of sp³-hybridized carbons (Fsp3) is 0.333. The van der Waals surface area contributed by atoms with Gasteiger partial charge < -0.3 is 11.5 Å². The molecule has 0 aliphatic rings. The van der Waals surface area contributed by atoms with Crippen molar-refractivity contribution in [1.82, 2.24) is 0 Å². The van der Waals surface area contributed by atoms with Gasteiger partial charge in [-0.3, -0.25) is 9.59 Å². The Hall–Kier alpha value is -0.100. The molecular weight excluding hydrogens is 256 g/mol. The zero-order valence-electron chi connectivity index (χ0n) is 4.23. The maximum absolute atomic E-state index is 10.3. The first kappa shape index (κ1) is 8.90. The van der Waals surface area contributed by atoms with E-state index >= 15 is 0 Å². The lowest BCUT2D eigenvalue weighted by Gasteiger charge is -2.09. The Kier molecular flexibility index (Phi) is 2.63. The van der Waals surface area contributed by atoms with Crippen molar-refractivity contribution in [2.45, 2.75) is 3.23 Å². The van der Waals surface area contributed by atoms with Crippen LogP contribution in [0.1, 0.15) is 0 Å². The second-order valence-electron chi connectivity index (χ2n) is 1.30. The van der Waals surface area contributed by atoms with Crippen LogP contribution in [0.25, 0.3) is 0 Å². The molecule has 4 nitrogen and oxygen atoms in total. The van der Waals surface area contributed by atoms with Gasteiger partial charge in [-0.2, -0.15) is 0 Å². The Labute approximate surface area is 68.2 Å². The number of halogens is 2. The molecule has 6 heteroatoms. The lowest BCUT2D eigenvalue weighted by molar-refractivity contribution is -0.125. The van der Waals surface area contributed by atoms with Crippen LogP contribution in [0.3, 0.4) is 0 Å². The molecule has 0 heterocycles. The Morgan fingerprint density at radius 3 is 1.33 bits per heavy atom. The Bertz CT molecular complexity index is 140. The third-order valence-corrected chi connectivity index (χ3v) is 2.18. The number of nitrogens with two attached hydrogens (primary N) is 2. The topological polar surface area (TPSA) is 86.2 Å². The number of hydrogen-bond donors (Lipinski definition) is 2. The van der Waals surface area contributed by atoms with Crippen molar-refractivity contribution in [3.63, 3.8) is 0 Å². The van der Waals surface area contributed by atoms with E-state index in [1.165, 1.54) is 0 Å². The molecule has 52 valence electrons. The van der Waals surface area contributed by atoms with E-state index in [2.05, 4.69) is 31.9 Å². The normalized spacial score (nSPS) is 10.9. The Balaban J connectivity index is 4.38. The summed E-state index contributed by atoms with van der Waals surface area (Å²) < 4.78 is -1.60. The van der Waals surface area contributed by atoms with Crippen LogP contribution in [0.2, 0.25) is 0 Å². The highest BCUT2D eigenvalue weighted by Gasteiger charge is 2.36. The van der Waals surface area contributed by atoms with Crippen molar-refractivity contribution in [2.24, 2.45) is 11.5 Å². The molecule has 9 heavy (non-hydrogen) atoms. The Morgan fingerprint density at radius 2 is 1.33 bits per heavy atom. The minimum absolute atomic E-state index is 0.866. The molecule has 0 saturated carbocycles. The minimum atomic E-state index is -1.60. The van der Waals surface area contributed by atoms with Crippen molar-refractivity contribution in [3.05, 3.63) is 0 Å². The molecular formula is C3H4Br2N2O2.